The summed E-state index contributed by atoms with van der Waals surface area (Å²) in [6.07, 6.45) is 6.17. The second-order valence-electron chi connectivity index (χ2n) is 5.72. The van der Waals surface area contributed by atoms with E-state index in [1.165, 1.54) is 38.6 Å². The van der Waals surface area contributed by atoms with Gasteiger partial charge in [-0.2, -0.15) is 0 Å². The van der Waals surface area contributed by atoms with Crippen LogP contribution >= 0.6 is 0 Å². The third-order valence-electron chi connectivity index (χ3n) is 3.46. The first kappa shape index (κ1) is 16.9. The Balaban J connectivity index is 4.25. The number of nitrogens with zero attached hydrogens (tertiary/aromatic N) is 1. The zero-order chi connectivity index (χ0) is 13.3. The molecule has 2 nitrogen and oxygen atoms in total. The minimum atomic E-state index is 0.356. The highest BCUT2D eigenvalue weighted by Gasteiger charge is 2.18. The molecule has 104 valence electrons. The van der Waals surface area contributed by atoms with Crippen molar-refractivity contribution in [3.05, 3.63) is 0 Å². The molecule has 0 radical (unpaired) electrons. The van der Waals surface area contributed by atoms with E-state index in [0.29, 0.717) is 12.1 Å². The van der Waals surface area contributed by atoms with Crippen LogP contribution in [0, 0.1) is 5.92 Å². The first-order valence-corrected chi connectivity index (χ1v) is 7.54. The molecular formula is C15H34N2. The lowest BCUT2D eigenvalue weighted by molar-refractivity contribution is 0.154. The van der Waals surface area contributed by atoms with Crippen LogP contribution in [0.2, 0.25) is 0 Å². The third-order valence-corrected chi connectivity index (χ3v) is 3.46. The molecule has 2 heteroatoms. The average Bonchev–Trinajstić information content (AvgIpc) is 2.27. The number of unbranched alkanes of at least 4 members (excludes halogenated alkanes) is 1. The summed E-state index contributed by atoms with van der Waals surface area (Å²) in [6.45, 7) is 13.7. The summed E-state index contributed by atoms with van der Waals surface area (Å²) in [5, 5.41) is 0. The first-order chi connectivity index (χ1) is 8.04. The van der Waals surface area contributed by atoms with Crippen molar-refractivity contribution < 1.29 is 0 Å². The van der Waals surface area contributed by atoms with Gasteiger partial charge >= 0.3 is 0 Å². The SMILES string of the molecule is CCCCC(N)CN(CC(C)C)C(CC)CC. The quantitative estimate of drug-likeness (QED) is 0.633. The summed E-state index contributed by atoms with van der Waals surface area (Å²) in [4.78, 5) is 2.62. The maximum Gasteiger partial charge on any atom is 0.0167 e. The van der Waals surface area contributed by atoms with Gasteiger partial charge in [0.15, 0.2) is 0 Å². The zero-order valence-electron chi connectivity index (χ0n) is 12.7. The Morgan fingerprint density at radius 3 is 2.00 bits per heavy atom. The van der Waals surface area contributed by atoms with Gasteiger partial charge in [0.1, 0.15) is 0 Å². The van der Waals surface area contributed by atoms with Crippen LogP contribution in [-0.4, -0.2) is 30.1 Å². The summed E-state index contributed by atoms with van der Waals surface area (Å²) in [5.41, 5.74) is 6.24. The van der Waals surface area contributed by atoms with Gasteiger partial charge in [-0.15, -0.1) is 0 Å². The van der Waals surface area contributed by atoms with E-state index in [0.717, 1.165) is 12.5 Å². The molecule has 2 N–H and O–H groups in total. The second-order valence-corrected chi connectivity index (χ2v) is 5.72. The van der Waals surface area contributed by atoms with Crippen molar-refractivity contribution >= 4 is 0 Å². The summed E-state index contributed by atoms with van der Waals surface area (Å²) < 4.78 is 0. The Kier molecular flexibility index (Phi) is 9.85. The van der Waals surface area contributed by atoms with Gasteiger partial charge in [-0.1, -0.05) is 47.5 Å². The molecule has 0 fully saturated rings. The highest BCUT2D eigenvalue weighted by Crippen LogP contribution is 2.13. The topological polar surface area (TPSA) is 29.3 Å². The van der Waals surface area contributed by atoms with Crippen molar-refractivity contribution in [1.82, 2.24) is 4.90 Å². The molecule has 0 heterocycles. The van der Waals surface area contributed by atoms with Gasteiger partial charge in [-0.25, -0.2) is 0 Å². The largest absolute Gasteiger partial charge is 0.327 e. The van der Waals surface area contributed by atoms with Crippen molar-refractivity contribution in [2.75, 3.05) is 13.1 Å². The molecule has 0 aliphatic carbocycles. The van der Waals surface area contributed by atoms with Crippen molar-refractivity contribution in [3.8, 4) is 0 Å². The fourth-order valence-electron chi connectivity index (χ4n) is 2.51. The van der Waals surface area contributed by atoms with Crippen LogP contribution in [0.3, 0.4) is 0 Å². The molecule has 0 aromatic heterocycles. The van der Waals surface area contributed by atoms with Gasteiger partial charge in [0.05, 0.1) is 0 Å². The molecular weight excluding hydrogens is 208 g/mol. The fourth-order valence-corrected chi connectivity index (χ4v) is 2.51. The molecule has 0 bridgehead atoms. The van der Waals surface area contributed by atoms with Gasteiger partial charge in [-0.3, -0.25) is 4.90 Å². The minimum Gasteiger partial charge on any atom is -0.327 e. The van der Waals surface area contributed by atoms with E-state index in [4.69, 9.17) is 5.73 Å². The molecule has 0 rings (SSSR count). The average molecular weight is 242 g/mol. The number of hydrogen-bond donors (Lipinski definition) is 1. The Labute approximate surface area is 109 Å². The summed E-state index contributed by atoms with van der Waals surface area (Å²) in [5.74, 6) is 0.731. The molecule has 17 heavy (non-hydrogen) atoms. The number of rotatable bonds is 10. The first-order valence-electron chi connectivity index (χ1n) is 7.54. The highest BCUT2D eigenvalue weighted by atomic mass is 15.2. The minimum absolute atomic E-state index is 0.356. The molecule has 0 saturated heterocycles. The lowest BCUT2D eigenvalue weighted by Crippen LogP contribution is -2.44. The molecule has 1 atom stereocenters. The summed E-state index contributed by atoms with van der Waals surface area (Å²) in [7, 11) is 0. The van der Waals surface area contributed by atoms with Crippen LogP contribution in [0.25, 0.3) is 0 Å². The van der Waals surface area contributed by atoms with E-state index in [9.17, 15) is 0 Å². The van der Waals surface area contributed by atoms with Crippen LogP contribution < -0.4 is 5.73 Å². The Morgan fingerprint density at radius 2 is 1.59 bits per heavy atom. The van der Waals surface area contributed by atoms with E-state index >= 15 is 0 Å². The van der Waals surface area contributed by atoms with E-state index in [1.807, 2.05) is 0 Å². The molecule has 0 aromatic carbocycles. The van der Waals surface area contributed by atoms with Crippen LogP contribution in [0.5, 0.6) is 0 Å². The van der Waals surface area contributed by atoms with Crippen LogP contribution in [-0.2, 0) is 0 Å². The van der Waals surface area contributed by atoms with E-state index < -0.39 is 0 Å². The lowest BCUT2D eigenvalue weighted by atomic mass is 10.0. The smallest absolute Gasteiger partial charge is 0.0167 e. The third kappa shape index (κ3) is 7.77. The molecule has 1 unspecified atom stereocenters. The van der Waals surface area contributed by atoms with Gasteiger partial charge in [0, 0.05) is 25.2 Å². The van der Waals surface area contributed by atoms with Gasteiger partial charge in [0.25, 0.3) is 0 Å². The normalized spacial score (nSPS) is 13.9. The Hall–Kier alpha value is -0.0800. The predicted molar refractivity (Wildman–Crippen MR) is 78.3 cm³/mol. The molecule has 0 amide bonds. The molecule has 0 spiro atoms. The standard InChI is InChI=1S/C15H34N2/c1-6-9-10-14(16)12-17(11-13(4)5)15(7-2)8-3/h13-15H,6-12,16H2,1-5H3. The lowest BCUT2D eigenvalue weighted by Gasteiger charge is -2.34. The second kappa shape index (κ2) is 9.90. The molecule has 0 aromatic rings. The van der Waals surface area contributed by atoms with Crippen molar-refractivity contribution in [2.24, 2.45) is 11.7 Å². The molecule has 0 aliphatic heterocycles. The van der Waals surface area contributed by atoms with Crippen LogP contribution in [0.1, 0.15) is 66.7 Å². The Morgan fingerprint density at radius 1 is 1.00 bits per heavy atom. The monoisotopic (exact) mass is 242 g/mol. The summed E-state index contributed by atoms with van der Waals surface area (Å²) in [6, 6.07) is 1.07. The van der Waals surface area contributed by atoms with Crippen LogP contribution in [0.4, 0.5) is 0 Å². The van der Waals surface area contributed by atoms with Crippen molar-refractivity contribution in [1.29, 1.82) is 0 Å². The highest BCUT2D eigenvalue weighted by molar-refractivity contribution is 4.75. The van der Waals surface area contributed by atoms with Gasteiger partial charge in [0.2, 0.25) is 0 Å². The maximum atomic E-state index is 6.24. The van der Waals surface area contributed by atoms with Crippen LogP contribution in [0.15, 0.2) is 0 Å². The van der Waals surface area contributed by atoms with Crippen molar-refractivity contribution in [2.45, 2.75) is 78.8 Å². The molecule has 0 aliphatic rings. The van der Waals surface area contributed by atoms with E-state index in [1.54, 1.807) is 0 Å². The van der Waals surface area contributed by atoms with E-state index in [2.05, 4.69) is 39.5 Å². The zero-order valence-corrected chi connectivity index (χ0v) is 12.7. The maximum absolute atomic E-state index is 6.24. The predicted octanol–water partition coefficient (Wildman–Crippen LogP) is 3.65. The molecule has 0 saturated carbocycles. The Bertz CT molecular complexity index is 164. The number of hydrogen-bond acceptors (Lipinski definition) is 2. The van der Waals surface area contributed by atoms with E-state index in [-0.39, 0.29) is 0 Å². The van der Waals surface area contributed by atoms with Gasteiger partial charge in [-0.05, 0) is 25.2 Å². The number of nitrogens with two attached hydrogens (primary N) is 1. The summed E-state index contributed by atoms with van der Waals surface area (Å²) >= 11 is 0. The fraction of sp³-hybridized carbons (Fsp3) is 1.00. The van der Waals surface area contributed by atoms with Crippen molar-refractivity contribution in [3.63, 3.8) is 0 Å². The van der Waals surface area contributed by atoms with Gasteiger partial charge < -0.3 is 5.73 Å².